The van der Waals surface area contributed by atoms with Crippen molar-refractivity contribution in [2.24, 2.45) is 23.5 Å². The lowest BCUT2D eigenvalue weighted by Gasteiger charge is -2.27. The van der Waals surface area contributed by atoms with Gasteiger partial charge in [-0.25, -0.2) is 0 Å². The van der Waals surface area contributed by atoms with Crippen LogP contribution in [-0.2, 0) is 11.3 Å². The molecule has 6 heteroatoms. The van der Waals surface area contributed by atoms with Crippen molar-refractivity contribution in [3.8, 4) is 0 Å². The second-order valence-electron chi connectivity index (χ2n) is 6.08. The van der Waals surface area contributed by atoms with Crippen LogP contribution in [0.4, 0.5) is 5.69 Å². The van der Waals surface area contributed by atoms with Crippen LogP contribution in [0.15, 0.2) is 24.3 Å². The van der Waals surface area contributed by atoms with Crippen molar-refractivity contribution < 1.29 is 9.72 Å². The Morgan fingerprint density at radius 1 is 1.38 bits per heavy atom. The van der Waals surface area contributed by atoms with E-state index in [2.05, 4.69) is 5.32 Å². The van der Waals surface area contributed by atoms with Crippen LogP contribution >= 0.6 is 0 Å². The molecule has 2 saturated carbocycles. The molecule has 4 unspecified atom stereocenters. The third-order valence-electron chi connectivity index (χ3n) is 4.87. The fourth-order valence-corrected chi connectivity index (χ4v) is 3.81. The molecule has 3 rings (SSSR count). The van der Waals surface area contributed by atoms with Gasteiger partial charge in [0.05, 0.1) is 10.8 Å². The lowest BCUT2D eigenvalue weighted by molar-refractivity contribution is -0.384. The molecule has 2 bridgehead atoms. The quantitative estimate of drug-likeness (QED) is 0.649. The number of nitrogens with one attached hydrogen (secondary N) is 1. The van der Waals surface area contributed by atoms with Crippen molar-refractivity contribution in [3.05, 3.63) is 39.9 Å². The number of hydrogen-bond acceptors (Lipinski definition) is 4. The summed E-state index contributed by atoms with van der Waals surface area (Å²) >= 11 is 0. The fraction of sp³-hybridized carbons (Fsp3) is 0.533. The monoisotopic (exact) mass is 289 g/mol. The highest BCUT2D eigenvalue weighted by molar-refractivity contribution is 5.80. The maximum atomic E-state index is 12.3. The van der Waals surface area contributed by atoms with Gasteiger partial charge in [-0.2, -0.15) is 0 Å². The molecular weight excluding hydrogens is 270 g/mol. The van der Waals surface area contributed by atoms with Gasteiger partial charge in [0.15, 0.2) is 0 Å². The van der Waals surface area contributed by atoms with Crippen LogP contribution in [0, 0.1) is 27.9 Å². The van der Waals surface area contributed by atoms with Gasteiger partial charge in [-0.15, -0.1) is 0 Å². The highest BCUT2D eigenvalue weighted by Crippen LogP contribution is 2.47. The standard InChI is InChI=1S/C15H19N3O3/c16-14-11-5-4-10(7-11)13(14)15(19)17-8-9-2-1-3-12(6-9)18(20)21/h1-3,6,10-11,13-14H,4-5,7-8,16H2,(H,17,19). The van der Waals surface area contributed by atoms with Gasteiger partial charge in [0, 0.05) is 24.7 Å². The number of nitro groups is 1. The van der Waals surface area contributed by atoms with Gasteiger partial charge in [0.2, 0.25) is 5.91 Å². The number of nitro benzene ring substituents is 1. The van der Waals surface area contributed by atoms with Gasteiger partial charge in [0.1, 0.15) is 0 Å². The Hall–Kier alpha value is -1.95. The number of nitrogens with two attached hydrogens (primary N) is 1. The summed E-state index contributed by atoms with van der Waals surface area (Å²) in [6.07, 6.45) is 3.30. The van der Waals surface area contributed by atoms with E-state index in [1.807, 2.05) is 0 Å². The molecule has 0 heterocycles. The summed E-state index contributed by atoms with van der Waals surface area (Å²) in [6.45, 7) is 0.307. The number of non-ortho nitro benzene ring substituents is 1. The zero-order chi connectivity index (χ0) is 15.0. The molecule has 1 aromatic carbocycles. The summed E-state index contributed by atoms with van der Waals surface area (Å²) in [5, 5.41) is 13.6. The zero-order valence-corrected chi connectivity index (χ0v) is 11.7. The van der Waals surface area contributed by atoms with Crippen molar-refractivity contribution in [2.75, 3.05) is 0 Å². The number of amides is 1. The first-order valence-corrected chi connectivity index (χ1v) is 7.33. The van der Waals surface area contributed by atoms with E-state index < -0.39 is 4.92 Å². The van der Waals surface area contributed by atoms with Crippen LogP contribution in [0.2, 0.25) is 0 Å². The third-order valence-corrected chi connectivity index (χ3v) is 4.87. The molecule has 112 valence electrons. The van der Waals surface area contributed by atoms with Gasteiger partial charge in [-0.1, -0.05) is 12.1 Å². The number of nitrogens with zero attached hydrogens (tertiary/aromatic N) is 1. The maximum Gasteiger partial charge on any atom is 0.269 e. The Bertz CT molecular complexity index is 573. The van der Waals surface area contributed by atoms with Crippen molar-refractivity contribution in [2.45, 2.75) is 31.8 Å². The van der Waals surface area contributed by atoms with Crippen LogP contribution < -0.4 is 11.1 Å². The first-order chi connectivity index (χ1) is 10.1. The Balaban J connectivity index is 1.61. The maximum absolute atomic E-state index is 12.3. The summed E-state index contributed by atoms with van der Waals surface area (Å²) in [7, 11) is 0. The van der Waals surface area contributed by atoms with Crippen molar-refractivity contribution >= 4 is 11.6 Å². The van der Waals surface area contributed by atoms with E-state index in [1.165, 1.54) is 12.1 Å². The molecule has 0 saturated heterocycles. The van der Waals surface area contributed by atoms with Gasteiger partial charge in [-0.05, 0) is 36.7 Å². The molecule has 21 heavy (non-hydrogen) atoms. The summed E-state index contributed by atoms with van der Waals surface area (Å²) in [6, 6.07) is 6.29. The molecule has 0 aromatic heterocycles. The van der Waals surface area contributed by atoms with Crippen LogP contribution in [-0.4, -0.2) is 16.9 Å². The predicted octanol–water partition coefficient (Wildman–Crippen LogP) is 1.58. The lowest BCUT2D eigenvalue weighted by Crippen LogP contribution is -2.45. The molecular formula is C15H19N3O3. The molecule has 3 N–H and O–H groups in total. The molecule has 6 nitrogen and oxygen atoms in total. The second kappa shape index (κ2) is 5.44. The Morgan fingerprint density at radius 2 is 2.14 bits per heavy atom. The van der Waals surface area contributed by atoms with E-state index in [0.29, 0.717) is 18.4 Å². The summed E-state index contributed by atoms with van der Waals surface area (Å²) < 4.78 is 0. The highest BCUT2D eigenvalue weighted by atomic mass is 16.6. The smallest absolute Gasteiger partial charge is 0.269 e. The number of carbonyl (C=O) groups is 1. The first kappa shape index (κ1) is 14.0. The minimum Gasteiger partial charge on any atom is -0.352 e. The Labute approximate surface area is 122 Å². The lowest BCUT2D eigenvalue weighted by atomic mass is 9.84. The van der Waals surface area contributed by atoms with Gasteiger partial charge in [0.25, 0.3) is 5.69 Å². The minimum absolute atomic E-state index is 0.0128. The molecule has 4 atom stereocenters. The van der Waals surface area contributed by atoms with E-state index in [9.17, 15) is 14.9 Å². The molecule has 1 amide bonds. The third kappa shape index (κ3) is 2.63. The SMILES string of the molecule is NC1C2CCC(C2)C1C(=O)NCc1cccc([N+](=O)[O-])c1. The van der Waals surface area contributed by atoms with Crippen LogP contribution in [0.1, 0.15) is 24.8 Å². The van der Waals surface area contributed by atoms with Crippen LogP contribution in [0.3, 0.4) is 0 Å². The number of rotatable bonds is 4. The molecule has 0 aliphatic heterocycles. The molecule has 2 aliphatic carbocycles. The Morgan fingerprint density at radius 3 is 2.81 bits per heavy atom. The van der Waals surface area contributed by atoms with Crippen LogP contribution in [0.25, 0.3) is 0 Å². The number of hydrogen-bond donors (Lipinski definition) is 2. The van der Waals surface area contributed by atoms with Gasteiger partial charge >= 0.3 is 0 Å². The summed E-state index contributed by atoms with van der Waals surface area (Å²) in [5.41, 5.74) is 6.92. The van der Waals surface area contributed by atoms with E-state index >= 15 is 0 Å². The van der Waals surface area contributed by atoms with Crippen molar-refractivity contribution in [1.82, 2.24) is 5.32 Å². The van der Waals surface area contributed by atoms with E-state index in [1.54, 1.807) is 12.1 Å². The largest absolute Gasteiger partial charge is 0.352 e. The minimum atomic E-state index is -0.433. The number of fused-ring (bicyclic) bond motifs is 2. The van der Waals surface area contributed by atoms with Gasteiger partial charge in [-0.3, -0.25) is 14.9 Å². The normalized spacial score (nSPS) is 30.3. The summed E-state index contributed by atoms with van der Waals surface area (Å²) in [5.74, 6) is 0.794. The number of benzene rings is 1. The topological polar surface area (TPSA) is 98.3 Å². The predicted molar refractivity (Wildman–Crippen MR) is 77.2 cm³/mol. The Kier molecular flexibility index (Phi) is 3.63. The van der Waals surface area contributed by atoms with E-state index in [-0.39, 0.29) is 23.6 Å². The highest BCUT2D eigenvalue weighted by Gasteiger charge is 2.48. The van der Waals surface area contributed by atoms with Gasteiger partial charge < -0.3 is 11.1 Å². The van der Waals surface area contributed by atoms with Crippen LogP contribution in [0.5, 0.6) is 0 Å². The fourth-order valence-electron chi connectivity index (χ4n) is 3.81. The van der Waals surface area contributed by atoms with E-state index in [0.717, 1.165) is 24.8 Å². The second-order valence-corrected chi connectivity index (χ2v) is 6.08. The molecule has 2 aliphatic rings. The van der Waals surface area contributed by atoms with E-state index in [4.69, 9.17) is 5.73 Å². The first-order valence-electron chi connectivity index (χ1n) is 7.33. The number of carbonyl (C=O) groups excluding carboxylic acids is 1. The molecule has 2 fully saturated rings. The van der Waals surface area contributed by atoms with Crippen molar-refractivity contribution in [1.29, 1.82) is 0 Å². The van der Waals surface area contributed by atoms with Crippen molar-refractivity contribution in [3.63, 3.8) is 0 Å². The summed E-state index contributed by atoms with van der Waals surface area (Å²) in [4.78, 5) is 22.6. The zero-order valence-electron chi connectivity index (χ0n) is 11.7. The average molecular weight is 289 g/mol. The molecule has 0 radical (unpaired) electrons. The average Bonchev–Trinajstić information content (AvgIpc) is 3.06. The molecule has 1 aromatic rings. The molecule has 0 spiro atoms.